The first-order valence-corrected chi connectivity index (χ1v) is 14.4. The molecule has 0 saturated carbocycles. The first-order chi connectivity index (χ1) is 23.4. The Kier molecular flexibility index (Phi) is 13.4. The third-order valence-corrected chi connectivity index (χ3v) is 6.87. The summed E-state index contributed by atoms with van der Waals surface area (Å²) in [5.41, 5.74) is 0.210. The average Bonchev–Trinajstić information content (AvgIpc) is 3.00. The lowest BCUT2D eigenvalue weighted by molar-refractivity contribution is -0.555. The van der Waals surface area contributed by atoms with Gasteiger partial charge in [0.15, 0.2) is 12.4 Å². The predicted octanol–water partition coefficient (Wildman–Crippen LogP) is 10.9. The van der Waals surface area contributed by atoms with E-state index in [1.165, 1.54) is 22.9 Å². The number of ether oxygens (including phenoxy) is 3. The van der Waals surface area contributed by atoms with Crippen molar-refractivity contribution in [3.63, 3.8) is 0 Å². The molecule has 0 fully saturated rings. The first-order valence-electron chi connectivity index (χ1n) is 14.4. The van der Waals surface area contributed by atoms with Crippen molar-refractivity contribution in [1.29, 1.82) is 0 Å². The summed E-state index contributed by atoms with van der Waals surface area (Å²) in [6.45, 7) is -0.903. The molecule has 298 valence electrons. The second kappa shape index (κ2) is 15.6. The number of unbranched alkanes of at least 4 members (excludes halogenated alkanes) is 5. The van der Waals surface area contributed by atoms with E-state index in [1.54, 1.807) is 4.74 Å². The smallest absolute Gasteiger partial charge is 0.460 e. The molecule has 24 heteroatoms. The third-order valence-electron chi connectivity index (χ3n) is 6.87. The molecule has 1 heterocycles. The van der Waals surface area contributed by atoms with E-state index in [0.29, 0.717) is 18.4 Å². The minimum atomic E-state index is -8.20. The van der Waals surface area contributed by atoms with Crippen molar-refractivity contribution in [3.05, 3.63) is 42.2 Å². The molecule has 0 aliphatic carbocycles. The Morgan fingerprint density at radius 1 is 0.558 bits per heavy atom. The fourth-order valence-corrected chi connectivity index (χ4v) is 3.98. The van der Waals surface area contributed by atoms with Crippen molar-refractivity contribution in [1.82, 2.24) is 9.97 Å². The van der Waals surface area contributed by atoms with E-state index < -0.39 is 66.7 Å². The maximum Gasteiger partial charge on any atom is 0.460 e. The topological polar surface area (TPSA) is 53.5 Å². The summed E-state index contributed by atoms with van der Waals surface area (Å²) >= 11 is 0. The van der Waals surface area contributed by atoms with Crippen LogP contribution in [0, 0.1) is 0 Å². The zero-order chi connectivity index (χ0) is 40.2. The third kappa shape index (κ3) is 9.43. The fourth-order valence-electron chi connectivity index (χ4n) is 3.98. The highest BCUT2D eigenvalue weighted by molar-refractivity contribution is 5.65. The normalized spacial score (nSPS) is 14.5. The molecule has 0 radical (unpaired) electrons. The molecular weight excluding hydrogens is 773 g/mol. The Hall–Kier alpha value is -3.31. The molecule has 2 aromatic rings. The van der Waals surface area contributed by atoms with Crippen molar-refractivity contribution in [2.24, 2.45) is 0 Å². The zero-order valence-electron chi connectivity index (χ0n) is 25.9. The van der Waals surface area contributed by atoms with Crippen LogP contribution < -0.4 is 4.74 Å². The van der Waals surface area contributed by atoms with Crippen LogP contribution in [0.4, 0.5) is 83.4 Å². The number of hydrogen-bond donors (Lipinski definition) is 0. The van der Waals surface area contributed by atoms with Gasteiger partial charge in [-0.3, -0.25) is 0 Å². The van der Waals surface area contributed by atoms with E-state index in [1.807, 2.05) is 6.92 Å². The van der Waals surface area contributed by atoms with Crippen LogP contribution in [0.2, 0.25) is 0 Å². The van der Waals surface area contributed by atoms with E-state index in [0.717, 1.165) is 50.6 Å². The fraction of sp³-hybridized carbons (Fsp3) is 0.643. The Labute approximate surface area is 280 Å². The van der Waals surface area contributed by atoms with Crippen LogP contribution in [-0.2, 0) is 15.9 Å². The van der Waals surface area contributed by atoms with Gasteiger partial charge in [-0.1, -0.05) is 45.1 Å². The Balaban J connectivity index is 2.32. The molecule has 1 aromatic carbocycles. The Morgan fingerprint density at radius 2 is 1.04 bits per heavy atom. The molecular formula is C28H25F19N2O3. The lowest BCUT2D eigenvalue weighted by atomic mass is 10.0. The number of hydrogen-bond acceptors (Lipinski definition) is 5. The van der Waals surface area contributed by atoms with E-state index in [4.69, 9.17) is 0 Å². The number of alkyl halides is 19. The van der Waals surface area contributed by atoms with E-state index in [-0.39, 0.29) is 11.4 Å². The summed E-state index contributed by atoms with van der Waals surface area (Å²) in [5.74, 6) is -31.2. The molecule has 52 heavy (non-hydrogen) atoms. The highest BCUT2D eigenvalue weighted by Crippen LogP contribution is 2.57. The minimum absolute atomic E-state index is 0.289. The molecule has 5 nitrogen and oxygen atoms in total. The lowest BCUT2D eigenvalue weighted by Gasteiger charge is -2.38. The second-order valence-corrected chi connectivity index (χ2v) is 10.9. The van der Waals surface area contributed by atoms with Crippen molar-refractivity contribution < 1.29 is 97.6 Å². The van der Waals surface area contributed by atoms with E-state index in [2.05, 4.69) is 14.7 Å². The molecule has 0 aliphatic heterocycles. The Morgan fingerprint density at radius 3 is 1.54 bits per heavy atom. The molecule has 0 aliphatic rings. The Bertz CT molecular complexity index is 1450. The molecule has 0 amide bonds. The van der Waals surface area contributed by atoms with E-state index >= 15 is 0 Å². The number of aromatic nitrogens is 2. The van der Waals surface area contributed by atoms with Crippen LogP contribution in [0.5, 0.6) is 5.75 Å². The van der Waals surface area contributed by atoms with Gasteiger partial charge in [-0.05, 0) is 36.6 Å². The summed E-state index contributed by atoms with van der Waals surface area (Å²) in [7, 11) is 0. The molecule has 0 N–H and O–H groups in total. The lowest BCUT2D eigenvalue weighted by Crippen LogP contribution is -2.65. The summed E-state index contributed by atoms with van der Waals surface area (Å²) < 4.78 is 263. The van der Waals surface area contributed by atoms with Crippen LogP contribution in [0.15, 0.2) is 36.7 Å². The van der Waals surface area contributed by atoms with Gasteiger partial charge < -0.3 is 4.74 Å². The zero-order valence-corrected chi connectivity index (χ0v) is 25.9. The largest absolute Gasteiger partial charge is 0.486 e. The maximum absolute atomic E-state index is 14.5. The van der Waals surface area contributed by atoms with Gasteiger partial charge in [0.2, 0.25) is 0 Å². The van der Waals surface area contributed by atoms with Crippen LogP contribution in [0.3, 0.4) is 0 Å². The van der Waals surface area contributed by atoms with Gasteiger partial charge in [-0.25, -0.2) is 19.4 Å². The number of rotatable bonds is 20. The van der Waals surface area contributed by atoms with Crippen LogP contribution in [0.1, 0.15) is 51.0 Å². The van der Waals surface area contributed by atoms with E-state index in [9.17, 15) is 83.4 Å². The summed E-state index contributed by atoms with van der Waals surface area (Å²) in [4.78, 5) is 7.62. The van der Waals surface area contributed by atoms with Crippen molar-refractivity contribution in [3.8, 4) is 17.1 Å². The summed E-state index contributed by atoms with van der Waals surface area (Å²) in [6.07, 6.45) is -31.3. The van der Waals surface area contributed by atoms with Gasteiger partial charge in [0.25, 0.3) is 0 Å². The summed E-state index contributed by atoms with van der Waals surface area (Å²) in [5, 5.41) is 0. The van der Waals surface area contributed by atoms with Crippen LogP contribution in [-0.4, -0.2) is 70.9 Å². The van der Waals surface area contributed by atoms with Crippen LogP contribution >= 0.6 is 0 Å². The average molecular weight is 798 g/mol. The van der Waals surface area contributed by atoms with Crippen molar-refractivity contribution in [2.45, 2.75) is 106 Å². The van der Waals surface area contributed by atoms with Crippen molar-refractivity contribution in [2.75, 3.05) is 6.61 Å². The molecule has 0 spiro atoms. The quantitative estimate of drug-likeness (QED) is 0.0987. The van der Waals surface area contributed by atoms with Gasteiger partial charge in [0.05, 0.1) is 5.56 Å². The van der Waals surface area contributed by atoms with Gasteiger partial charge in [0, 0.05) is 12.4 Å². The molecule has 0 saturated heterocycles. The highest BCUT2D eigenvalue weighted by Gasteiger charge is 2.86. The SMILES string of the molecule is CCCCCCCCc1ccc(OCC(F)(F)C(F)(F)C(F)(F)OC(F)(F)C(F)(F)OC(F)(F)C(F)(F)C(F)(F)C(F)(F)F)c(-c2ncccn2)c1. The molecule has 1 aromatic heterocycles. The number of halogens is 19. The molecule has 2 rings (SSSR count). The second-order valence-electron chi connectivity index (χ2n) is 10.9. The summed E-state index contributed by atoms with van der Waals surface area (Å²) in [6, 6.07) is 4.65. The van der Waals surface area contributed by atoms with Crippen LogP contribution in [0.25, 0.3) is 11.4 Å². The number of nitrogens with zero attached hydrogens (tertiary/aromatic N) is 2. The number of benzene rings is 1. The monoisotopic (exact) mass is 798 g/mol. The highest BCUT2D eigenvalue weighted by atomic mass is 19.4. The molecule has 0 unspecified atom stereocenters. The minimum Gasteiger partial charge on any atom is -0.486 e. The first kappa shape index (κ1) is 44.8. The maximum atomic E-state index is 14.5. The molecule has 0 atom stereocenters. The number of aryl methyl sites for hydroxylation is 1. The molecule has 0 bridgehead atoms. The van der Waals surface area contributed by atoms with Gasteiger partial charge >= 0.3 is 54.3 Å². The van der Waals surface area contributed by atoms with Gasteiger partial charge in [-0.15, -0.1) is 0 Å². The standard InChI is InChI=1S/C28H25F19N2O3/c1-2-3-4-5-6-7-9-16-10-11-18(17(14-16)19-48-12-8-13-49-19)50-15-20(29,30)21(31,32)25(40,41)51-27(44,45)28(46,47)52-26(42,43)23(35,36)22(33,34)24(37,38)39/h8,10-14H,2-7,9,15H2,1H3. The predicted molar refractivity (Wildman–Crippen MR) is 138 cm³/mol. The van der Waals surface area contributed by atoms with Gasteiger partial charge in [-0.2, -0.15) is 83.4 Å². The van der Waals surface area contributed by atoms with Gasteiger partial charge in [0.1, 0.15) is 5.75 Å². The van der Waals surface area contributed by atoms with Crippen molar-refractivity contribution >= 4 is 0 Å².